The van der Waals surface area contributed by atoms with Crippen molar-refractivity contribution in [2.75, 3.05) is 5.75 Å². The van der Waals surface area contributed by atoms with Gasteiger partial charge in [-0.15, -0.1) is 3.89 Å². The molecule has 0 amide bonds. The van der Waals surface area contributed by atoms with E-state index in [1.54, 1.807) is 13.8 Å². The molecule has 1 aromatic carbocycles. The van der Waals surface area contributed by atoms with Crippen LogP contribution in [0.25, 0.3) is 0 Å². The van der Waals surface area contributed by atoms with Crippen molar-refractivity contribution in [1.29, 1.82) is 0 Å². The zero-order valence-electron chi connectivity index (χ0n) is 8.50. The van der Waals surface area contributed by atoms with Crippen molar-refractivity contribution in [3.63, 3.8) is 0 Å². The second kappa shape index (κ2) is 3.89. The van der Waals surface area contributed by atoms with Gasteiger partial charge in [-0.1, -0.05) is 26.0 Å². The fourth-order valence-corrected chi connectivity index (χ4v) is 2.44. The number of halogens is 2. The van der Waals surface area contributed by atoms with Crippen LogP contribution < -0.4 is 0 Å². The third-order valence-corrected chi connectivity index (χ3v) is 3.23. The van der Waals surface area contributed by atoms with Crippen LogP contribution in [-0.4, -0.2) is 14.2 Å². The van der Waals surface area contributed by atoms with E-state index in [9.17, 15) is 16.7 Å². The largest absolute Gasteiger partial charge is 0.303 e. The van der Waals surface area contributed by atoms with Crippen LogP contribution in [0.15, 0.2) is 24.3 Å². The Bertz CT molecular complexity index is 435. The predicted octanol–water partition coefficient (Wildman–Crippen LogP) is 2.40. The average molecular weight is 234 g/mol. The van der Waals surface area contributed by atoms with Gasteiger partial charge >= 0.3 is 10.2 Å². The molecule has 0 radical (unpaired) electrons. The Morgan fingerprint density at radius 2 is 1.67 bits per heavy atom. The summed E-state index contributed by atoms with van der Waals surface area (Å²) < 4.78 is 46.3. The van der Waals surface area contributed by atoms with Gasteiger partial charge in [-0.3, -0.25) is 0 Å². The minimum absolute atomic E-state index is 0.405. The van der Waals surface area contributed by atoms with Gasteiger partial charge in [-0.2, -0.15) is 8.42 Å². The lowest BCUT2D eigenvalue weighted by Crippen LogP contribution is -2.26. The van der Waals surface area contributed by atoms with Crippen molar-refractivity contribution in [2.45, 2.75) is 19.3 Å². The molecule has 1 rings (SSSR count). The van der Waals surface area contributed by atoms with Crippen LogP contribution in [0.1, 0.15) is 19.4 Å². The summed E-state index contributed by atoms with van der Waals surface area (Å²) >= 11 is 0. The molecule has 0 aromatic heterocycles. The number of benzene rings is 1. The maximum absolute atomic E-state index is 12.6. The van der Waals surface area contributed by atoms with E-state index in [4.69, 9.17) is 0 Å². The summed E-state index contributed by atoms with van der Waals surface area (Å²) in [5.41, 5.74) is -0.272. The zero-order chi connectivity index (χ0) is 11.7. The Kier molecular flexibility index (Phi) is 3.13. The molecule has 0 fully saturated rings. The second-order valence-electron chi connectivity index (χ2n) is 4.07. The van der Waals surface area contributed by atoms with Crippen molar-refractivity contribution in [1.82, 2.24) is 0 Å². The molecule has 15 heavy (non-hydrogen) atoms. The van der Waals surface area contributed by atoms with E-state index in [0.717, 1.165) is 0 Å². The first-order chi connectivity index (χ1) is 6.71. The highest BCUT2D eigenvalue weighted by atomic mass is 32.3. The number of rotatable bonds is 3. The summed E-state index contributed by atoms with van der Waals surface area (Å²) in [6, 6.07) is 5.37. The van der Waals surface area contributed by atoms with Crippen molar-refractivity contribution in [3.05, 3.63) is 35.6 Å². The molecular weight excluding hydrogens is 222 g/mol. The van der Waals surface area contributed by atoms with E-state index >= 15 is 0 Å². The molecule has 2 nitrogen and oxygen atoms in total. The van der Waals surface area contributed by atoms with E-state index in [1.807, 2.05) is 0 Å². The fourth-order valence-electron chi connectivity index (χ4n) is 1.42. The molecule has 1 aromatic rings. The molecule has 0 N–H and O–H groups in total. The van der Waals surface area contributed by atoms with Gasteiger partial charge < -0.3 is 0 Å². The third-order valence-electron chi connectivity index (χ3n) is 2.16. The monoisotopic (exact) mass is 234 g/mol. The minimum atomic E-state index is -4.53. The summed E-state index contributed by atoms with van der Waals surface area (Å²) in [6.45, 7) is 3.19. The third kappa shape index (κ3) is 3.58. The van der Waals surface area contributed by atoms with Gasteiger partial charge in [-0.25, -0.2) is 4.39 Å². The van der Waals surface area contributed by atoms with Crippen molar-refractivity contribution < 1.29 is 16.7 Å². The van der Waals surface area contributed by atoms with E-state index in [0.29, 0.717) is 5.56 Å². The lowest BCUT2D eigenvalue weighted by atomic mass is 9.87. The van der Waals surface area contributed by atoms with Crippen LogP contribution in [0.3, 0.4) is 0 Å². The first-order valence-corrected chi connectivity index (χ1v) is 5.94. The molecule has 84 valence electrons. The molecule has 0 atom stereocenters. The molecule has 0 aliphatic rings. The highest BCUT2D eigenvalue weighted by Crippen LogP contribution is 2.25. The maximum atomic E-state index is 12.6. The van der Waals surface area contributed by atoms with Crippen LogP contribution in [-0.2, 0) is 15.6 Å². The molecule has 0 heterocycles. The molecule has 0 saturated heterocycles. The molecular formula is C10H12F2O2S. The summed E-state index contributed by atoms with van der Waals surface area (Å²) in [6.07, 6.45) is 0. The Morgan fingerprint density at radius 3 is 2.07 bits per heavy atom. The zero-order valence-corrected chi connectivity index (χ0v) is 9.31. The molecule has 5 heteroatoms. The standard InChI is InChI=1S/C10H12F2O2S/c1-10(2,7-15(12,13)14)8-3-5-9(11)6-4-8/h3-6H,7H2,1-2H3. The molecule has 0 unspecified atom stereocenters. The van der Waals surface area contributed by atoms with Gasteiger partial charge in [0, 0.05) is 5.41 Å². The van der Waals surface area contributed by atoms with Crippen LogP contribution >= 0.6 is 0 Å². The average Bonchev–Trinajstić information content (AvgIpc) is 2.00. The van der Waals surface area contributed by atoms with Crippen LogP contribution in [0.4, 0.5) is 8.28 Å². The minimum Gasteiger partial charge on any atom is -0.207 e. The molecule has 0 bridgehead atoms. The highest BCUT2D eigenvalue weighted by Gasteiger charge is 2.27. The Hall–Kier alpha value is -0.970. The van der Waals surface area contributed by atoms with Crippen LogP contribution in [0.5, 0.6) is 0 Å². The van der Waals surface area contributed by atoms with Crippen molar-refractivity contribution >= 4 is 10.2 Å². The second-order valence-corrected chi connectivity index (χ2v) is 5.44. The Morgan fingerprint density at radius 1 is 1.20 bits per heavy atom. The summed E-state index contributed by atoms with van der Waals surface area (Å²) in [4.78, 5) is 0. The maximum Gasteiger partial charge on any atom is 0.303 e. The number of hydrogen-bond donors (Lipinski definition) is 0. The fraction of sp³-hybridized carbons (Fsp3) is 0.400. The predicted molar refractivity (Wildman–Crippen MR) is 54.3 cm³/mol. The summed E-state index contributed by atoms with van der Waals surface area (Å²) in [5, 5.41) is 0. The first-order valence-electron chi connectivity index (χ1n) is 4.39. The quantitative estimate of drug-likeness (QED) is 0.752. The first kappa shape index (κ1) is 12.1. The van der Waals surface area contributed by atoms with Crippen LogP contribution in [0, 0.1) is 5.82 Å². The molecule has 0 aliphatic heterocycles. The van der Waals surface area contributed by atoms with Gasteiger partial charge in [0.25, 0.3) is 0 Å². The SMILES string of the molecule is CC(C)(CS(=O)(=O)F)c1ccc(F)cc1. The molecule has 0 spiro atoms. The smallest absolute Gasteiger partial charge is 0.207 e. The molecule has 0 saturated carbocycles. The normalized spacial score (nSPS) is 12.8. The lowest BCUT2D eigenvalue weighted by Gasteiger charge is -2.22. The van der Waals surface area contributed by atoms with Crippen molar-refractivity contribution in [2.24, 2.45) is 0 Å². The number of hydrogen-bond acceptors (Lipinski definition) is 2. The van der Waals surface area contributed by atoms with Gasteiger partial charge in [0.15, 0.2) is 0 Å². The lowest BCUT2D eigenvalue weighted by molar-refractivity contribution is 0.514. The Labute approximate surface area is 88.1 Å². The van der Waals surface area contributed by atoms with Gasteiger partial charge in [0.05, 0.1) is 5.75 Å². The van der Waals surface area contributed by atoms with Gasteiger partial charge in [0.2, 0.25) is 0 Å². The van der Waals surface area contributed by atoms with E-state index in [2.05, 4.69) is 0 Å². The summed E-state index contributed by atoms with van der Waals surface area (Å²) in [5.74, 6) is -1.01. The van der Waals surface area contributed by atoms with Crippen molar-refractivity contribution in [3.8, 4) is 0 Å². The van der Waals surface area contributed by atoms with Crippen LogP contribution in [0.2, 0.25) is 0 Å². The van der Waals surface area contributed by atoms with Gasteiger partial charge in [0.1, 0.15) is 5.82 Å². The topological polar surface area (TPSA) is 34.1 Å². The van der Waals surface area contributed by atoms with E-state index in [-0.39, 0.29) is 0 Å². The Balaban J connectivity index is 3.00. The van der Waals surface area contributed by atoms with E-state index < -0.39 is 27.2 Å². The highest BCUT2D eigenvalue weighted by molar-refractivity contribution is 7.86. The van der Waals surface area contributed by atoms with Gasteiger partial charge in [-0.05, 0) is 17.7 Å². The van der Waals surface area contributed by atoms with E-state index in [1.165, 1.54) is 24.3 Å². The molecule has 0 aliphatic carbocycles. The summed E-state index contributed by atoms with van der Waals surface area (Å²) in [7, 11) is -4.53.